The van der Waals surface area contributed by atoms with Gasteiger partial charge in [-0.05, 0) is 176 Å². The summed E-state index contributed by atoms with van der Waals surface area (Å²) in [5, 5.41) is 15.5. The molecule has 104 heavy (non-hydrogen) atoms. The van der Waals surface area contributed by atoms with Gasteiger partial charge in [0.15, 0.2) is 0 Å². The summed E-state index contributed by atoms with van der Waals surface area (Å²) in [4.78, 5) is 56.4. The molecule has 482 valence electrons. The van der Waals surface area contributed by atoms with Crippen molar-refractivity contribution in [2.75, 3.05) is 0 Å². The topological polar surface area (TPSA) is 155 Å². The van der Waals surface area contributed by atoms with Crippen molar-refractivity contribution in [1.29, 1.82) is 0 Å². The van der Waals surface area contributed by atoms with Crippen LogP contribution in [0.5, 0.6) is 0 Å². The molecule has 0 atom stereocenters. The van der Waals surface area contributed by atoms with Crippen molar-refractivity contribution in [2.45, 2.75) is 0 Å². The molecule has 0 bridgehead atoms. The molecule has 0 N–H and O–H groups in total. The zero-order valence-corrected chi connectivity index (χ0v) is 55.5. The van der Waals surface area contributed by atoms with E-state index in [1.807, 2.05) is 48.8 Å². The molecule has 11 aromatic carbocycles. The van der Waals surface area contributed by atoms with Crippen molar-refractivity contribution in [3.05, 3.63) is 329 Å². The van der Waals surface area contributed by atoms with E-state index in [0.717, 1.165) is 210 Å². The quantitative estimate of drug-likeness (QED) is 0.105. The van der Waals surface area contributed by atoms with Crippen molar-refractivity contribution in [3.8, 4) is 90.1 Å². The monoisotopic (exact) mass is 1330 g/mol. The van der Waals surface area contributed by atoms with E-state index in [1.54, 1.807) is 25.0 Å². The standard InChI is InChI=1S/C48H28N6.C44H26N6/c1-3-9-37-35(7-1)45(36-8-2-4-10-38(36)46(37)44-21-13-30-12-11-29-6-5-24-50-47(29)48(30)54-44)43-22-17-34-27-32(15-19-40(34)53-43)31-14-18-39-33(26-31)16-20-42(52-39)41-23-25-49-28-51-41;1-2-27-3-4-28-9-14-40(50-44(28)43(27)46-20-1)34-8-6-29-22-33(7-5-30(29)23-34)38-17-12-35-24-31(10-15-37(35)48-38)32-11-16-39-36(25-32)13-18-42(49-39)41-19-21-45-26-47-41/h1-28H;1-26H. The fourth-order valence-corrected chi connectivity index (χ4v) is 14.7. The summed E-state index contributed by atoms with van der Waals surface area (Å²) >= 11 is 0. The third kappa shape index (κ3) is 10.7. The highest BCUT2D eigenvalue weighted by molar-refractivity contribution is 6.21. The Morgan fingerprint density at radius 3 is 0.894 bits per heavy atom. The van der Waals surface area contributed by atoms with Crippen molar-refractivity contribution >= 4 is 120 Å². The van der Waals surface area contributed by atoms with Gasteiger partial charge in [-0.2, -0.15) is 0 Å². The Labute approximate surface area is 594 Å². The summed E-state index contributed by atoms with van der Waals surface area (Å²) in [5.41, 5.74) is 23.4. The van der Waals surface area contributed by atoms with Crippen LogP contribution in [-0.2, 0) is 0 Å². The van der Waals surface area contributed by atoms with Crippen LogP contribution in [0, 0.1) is 0 Å². The number of hydrogen-bond acceptors (Lipinski definition) is 12. The van der Waals surface area contributed by atoms with Crippen LogP contribution in [-0.4, -0.2) is 59.8 Å². The first-order chi connectivity index (χ1) is 51.5. The van der Waals surface area contributed by atoms with Crippen molar-refractivity contribution in [1.82, 2.24) is 59.8 Å². The largest absolute Gasteiger partial charge is 0.254 e. The fourth-order valence-electron chi connectivity index (χ4n) is 14.7. The molecule has 21 aromatic rings. The second-order valence-corrected chi connectivity index (χ2v) is 26.0. The Hall–Kier alpha value is -14.4. The van der Waals surface area contributed by atoms with Gasteiger partial charge < -0.3 is 0 Å². The molecular formula is C92H54N12. The zero-order valence-electron chi connectivity index (χ0n) is 55.5. The molecule has 12 nitrogen and oxygen atoms in total. The molecular weight excluding hydrogens is 1270 g/mol. The zero-order chi connectivity index (χ0) is 68.6. The van der Waals surface area contributed by atoms with Gasteiger partial charge in [0.05, 0.1) is 89.7 Å². The van der Waals surface area contributed by atoms with E-state index in [4.69, 9.17) is 34.9 Å². The van der Waals surface area contributed by atoms with E-state index >= 15 is 0 Å². The number of aromatic nitrogens is 12. The molecule has 0 saturated heterocycles. The molecule has 0 aliphatic carbocycles. The average Bonchev–Trinajstić information content (AvgIpc) is 0.740. The number of nitrogens with zero attached hydrogens (tertiary/aromatic N) is 12. The van der Waals surface area contributed by atoms with E-state index in [0.29, 0.717) is 0 Å². The SMILES string of the molecule is c1cnc2c(c1)ccc1ccc(-c3c4ccccc4c(-c4ccc5cc(-c6ccc7nc(-c8ccncn8)ccc7c6)ccc5n4)c4ccccc34)nc12.c1cnc2c(c1)ccc1ccc(-c3ccc4cc(-c5ccc6cc(-c7ccc8nc(-c9ccncn9)ccc8c7)ccc6n5)ccc4c3)nc12. The van der Waals surface area contributed by atoms with E-state index in [2.05, 4.69) is 280 Å². The molecule has 0 saturated carbocycles. The van der Waals surface area contributed by atoms with Gasteiger partial charge in [0.1, 0.15) is 12.7 Å². The Balaban J connectivity index is 0.000000139. The third-order valence-corrected chi connectivity index (χ3v) is 19.9. The van der Waals surface area contributed by atoms with E-state index in [1.165, 1.54) is 0 Å². The van der Waals surface area contributed by atoms with E-state index in [-0.39, 0.29) is 0 Å². The summed E-state index contributed by atoms with van der Waals surface area (Å²) in [6.07, 6.45) is 10.2. The Bertz CT molecular complexity index is 7020. The minimum Gasteiger partial charge on any atom is -0.254 e. The fraction of sp³-hybridized carbons (Fsp3) is 0. The Kier molecular flexibility index (Phi) is 14.2. The normalized spacial score (nSPS) is 11.7. The number of hydrogen-bond donors (Lipinski definition) is 0. The van der Waals surface area contributed by atoms with Gasteiger partial charge in [0.2, 0.25) is 0 Å². The molecule has 12 heteroatoms. The summed E-state index contributed by atoms with van der Waals surface area (Å²) in [5.74, 6) is 0. The lowest BCUT2D eigenvalue weighted by Crippen LogP contribution is -1.95. The second kappa shape index (κ2) is 24.8. The summed E-state index contributed by atoms with van der Waals surface area (Å²) < 4.78 is 0. The minimum atomic E-state index is 0.808. The van der Waals surface area contributed by atoms with E-state index < -0.39 is 0 Å². The van der Waals surface area contributed by atoms with Crippen LogP contribution >= 0.6 is 0 Å². The van der Waals surface area contributed by atoms with Crippen LogP contribution in [0.3, 0.4) is 0 Å². The smallest absolute Gasteiger partial charge is 0.116 e. The first-order valence-electron chi connectivity index (χ1n) is 34.4. The first kappa shape index (κ1) is 59.7. The first-order valence-corrected chi connectivity index (χ1v) is 34.4. The maximum absolute atomic E-state index is 5.30. The molecule has 10 heterocycles. The highest BCUT2D eigenvalue weighted by Gasteiger charge is 2.20. The molecule has 0 amide bonds. The molecule has 10 aromatic heterocycles. The van der Waals surface area contributed by atoms with Gasteiger partial charge in [0.25, 0.3) is 0 Å². The molecule has 0 unspecified atom stereocenters. The predicted octanol–water partition coefficient (Wildman–Crippen LogP) is 22.1. The third-order valence-electron chi connectivity index (χ3n) is 19.9. The van der Waals surface area contributed by atoms with Gasteiger partial charge in [-0.25, -0.2) is 49.8 Å². The molecule has 0 aliphatic rings. The lowest BCUT2D eigenvalue weighted by molar-refractivity contribution is 1.16. The van der Waals surface area contributed by atoms with Crippen LogP contribution in [0.1, 0.15) is 0 Å². The van der Waals surface area contributed by atoms with Crippen LogP contribution in [0.4, 0.5) is 0 Å². The van der Waals surface area contributed by atoms with Gasteiger partial charge in [-0.15, -0.1) is 0 Å². The van der Waals surface area contributed by atoms with Crippen LogP contribution in [0.15, 0.2) is 329 Å². The minimum absolute atomic E-state index is 0.808. The second-order valence-electron chi connectivity index (χ2n) is 26.0. The highest BCUT2D eigenvalue weighted by atomic mass is 14.9. The van der Waals surface area contributed by atoms with Crippen molar-refractivity contribution in [2.24, 2.45) is 0 Å². The van der Waals surface area contributed by atoms with Crippen LogP contribution in [0.25, 0.3) is 210 Å². The lowest BCUT2D eigenvalue weighted by Gasteiger charge is -2.17. The highest BCUT2D eigenvalue weighted by Crippen LogP contribution is 2.44. The summed E-state index contributed by atoms with van der Waals surface area (Å²) in [6.45, 7) is 0. The maximum Gasteiger partial charge on any atom is 0.116 e. The lowest BCUT2D eigenvalue weighted by atomic mass is 9.88. The summed E-state index contributed by atoms with van der Waals surface area (Å²) in [7, 11) is 0. The molecule has 21 rings (SSSR count). The van der Waals surface area contributed by atoms with Crippen molar-refractivity contribution < 1.29 is 0 Å². The van der Waals surface area contributed by atoms with Crippen molar-refractivity contribution in [3.63, 3.8) is 0 Å². The molecule has 0 aliphatic heterocycles. The Morgan fingerprint density at radius 2 is 0.481 bits per heavy atom. The van der Waals surface area contributed by atoms with Gasteiger partial charge >= 0.3 is 0 Å². The Morgan fingerprint density at radius 1 is 0.173 bits per heavy atom. The molecule has 0 fully saturated rings. The average molecular weight is 1330 g/mol. The number of pyridine rings is 8. The van der Waals surface area contributed by atoms with Gasteiger partial charge in [0, 0.05) is 90.1 Å². The number of rotatable bonds is 8. The van der Waals surface area contributed by atoms with Crippen LogP contribution in [0.2, 0.25) is 0 Å². The molecule has 0 radical (unpaired) electrons. The summed E-state index contributed by atoms with van der Waals surface area (Å²) in [6, 6.07) is 102. The van der Waals surface area contributed by atoms with E-state index in [9.17, 15) is 0 Å². The van der Waals surface area contributed by atoms with Crippen LogP contribution < -0.4 is 0 Å². The van der Waals surface area contributed by atoms with Gasteiger partial charge in [-0.1, -0.05) is 170 Å². The maximum atomic E-state index is 5.30. The van der Waals surface area contributed by atoms with Gasteiger partial charge in [-0.3, -0.25) is 9.97 Å². The number of benzene rings is 11. The number of fused-ring (bicyclic) bond motifs is 13. The predicted molar refractivity (Wildman–Crippen MR) is 422 cm³/mol. The molecule has 0 spiro atoms.